The van der Waals surface area contributed by atoms with Crippen molar-refractivity contribution in [2.75, 3.05) is 7.05 Å². The van der Waals surface area contributed by atoms with Crippen molar-refractivity contribution in [1.29, 1.82) is 0 Å². The van der Waals surface area contributed by atoms with Gasteiger partial charge in [0.05, 0.1) is 13.1 Å². The number of thiophene rings is 1. The summed E-state index contributed by atoms with van der Waals surface area (Å²) in [6.07, 6.45) is 0. The number of rotatable bonds is 4. The Morgan fingerprint density at radius 1 is 1.43 bits per heavy atom. The van der Waals surface area contributed by atoms with E-state index in [9.17, 15) is 9.59 Å². The third kappa shape index (κ3) is 3.95. The molecule has 0 aliphatic carbocycles. The molecule has 112 valence electrons. The van der Waals surface area contributed by atoms with Gasteiger partial charge in [0.25, 0.3) is 5.56 Å². The Morgan fingerprint density at radius 3 is 2.81 bits per heavy atom. The molecule has 2 aromatic rings. The quantitative estimate of drug-likeness (QED) is 0.911. The molecule has 0 bridgehead atoms. The number of nitrogens with one attached hydrogen (secondary N) is 2. The first-order valence-corrected chi connectivity index (χ1v) is 7.56. The maximum Gasteiger partial charge on any atom is 0.317 e. The molecule has 5 nitrogen and oxygen atoms in total. The predicted octanol–water partition coefficient (Wildman–Crippen LogP) is 2.39. The molecule has 0 aliphatic rings. The van der Waals surface area contributed by atoms with Gasteiger partial charge in [0, 0.05) is 23.2 Å². The lowest BCUT2D eigenvalue weighted by Crippen LogP contribution is -2.37. The van der Waals surface area contributed by atoms with Gasteiger partial charge in [0.2, 0.25) is 0 Å². The summed E-state index contributed by atoms with van der Waals surface area (Å²) < 4.78 is 0. The maximum atomic E-state index is 12.0. The molecular weight excluding hydrogens is 286 g/mol. The van der Waals surface area contributed by atoms with Crippen LogP contribution in [0.4, 0.5) is 4.79 Å². The molecule has 21 heavy (non-hydrogen) atoms. The standard InChI is InChI=1S/C15H19N3O2S/c1-10-7-11(2)17-14(19)13(10)8-16-15(20)18(3)9-12-5-4-6-21-12/h4-7H,8-9H2,1-3H3,(H,16,20)(H,17,19). The third-order valence-corrected chi connectivity index (χ3v) is 4.09. The van der Waals surface area contributed by atoms with Crippen molar-refractivity contribution in [3.05, 3.63) is 55.6 Å². The minimum Gasteiger partial charge on any atom is -0.334 e. The van der Waals surface area contributed by atoms with E-state index < -0.39 is 0 Å². The highest BCUT2D eigenvalue weighted by Gasteiger charge is 2.11. The van der Waals surface area contributed by atoms with Crippen LogP contribution in [0.25, 0.3) is 0 Å². The number of aryl methyl sites for hydroxylation is 2. The molecule has 6 heteroatoms. The molecule has 0 aliphatic heterocycles. The summed E-state index contributed by atoms with van der Waals surface area (Å²) in [6.45, 7) is 4.51. The van der Waals surface area contributed by atoms with E-state index in [1.165, 1.54) is 0 Å². The van der Waals surface area contributed by atoms with Crippen LogP contribution in [0.2, 0.25) is 0 Å². The van der Waals surface area contributed by atoms with Crippen LogP contribution in [-0.4, -0.2) is 23.0 Å². The average Bonchev–Trinajstić information content (AvgIpc) is 2.89. The fourth-order valence-electron chi connectivity index (χ4n) is 2.11. The van der Waals surface area contributed by atoms with Gasteiger partial charge in [-0.1, -0.05) is 6.07 Å². The van der Waals surface area contributed by atoms with Crippen LogP contribution in [0.15, 0.2) is 28.4 Å². The summed E-state index contributed by atoms with van der Waals surface area (Å²) >= 11 is 1.61. The fraction of sp³-hybridized carbons (Fsp3) is 0.333. The maximum absolute atomic E-state index is 12.0. The Kier molecular flexibility index (Phi) is 4.80. The van der Waals surface area contributed by atoms with Gasteiger partial charge >= 0.3 is 6.03 Å². The monoisotopic (exact) mass is 305 g/mol. The van der Waals surface area contributed by atoms with E-state index in [2.05, 4.69) is 10.3 Å². The van der Waals surface area contributed by atoms with E-state index in [4.69, 9.17) is 0 Å². The number of hydrogen-bond acceptors (Lipinski definition) is 3. The van der Waals surface area contributed by atoms with Crippen LogP contribution in [0.3, 0.4) is 0 Å². The highest BCUT2D eigenvalue weighted by molar-refractivity contribution is 7.09. The summed E-state index contributed by atoms with van der Waals surface area (Å²) in [6, 6.07) is 5.66. The highest BCUT2D eigenvalue weighted by atomic mass is 32.1. The Bertz CT molecular complexity index is 677. The number of aromatic nitrogens is 1. The number of amides is 2. The van der Waals surface area contributed by atoms with E-state index in [0.29, 0.717) is 12.1 Å². The predicted molar refractivity (Wildman–Crippen MR) is 84.6 cm³/mol. The number of urea groups is 1. The van der Waals surface area contributed by atoms with Crippen molar-refractivity contribution >= 4 is 17.4 Å². The second-order valence-electron chi connectivity index (χ2n) is 5.04. The Hall–Kier alpha value is -2.08. The first-order chi connectivity index (χ1) is 9.97. The summed E-state index contributed by atoms with van der Waals surface area (Å²) in [5.74, 6) is 0. The SMILES string of the molecule is Cc1cc(C)c(CNC(=O)N(C)Cc2cccs2)c(=O)[nH]1. The second kappa shape index (κ2) is 6.58. The third-order valence-electron chi connectivity index (χ3n) is 3.23. The van der Waals surface area contributed by atoms with Gasteiger partial charge in [-0.2, -0.15) is 0 Å². The Labute approximate surface area is 127 Å². The van der Waals surface area contributed by atoms with E-state index >= 15 is 0 Å². The molecule has 2 heterocycles. The van der Waals surface area contributed by atoms with Crippen molar-refractivity contribution in [3.8, 4) is 0 Å². The first-order valence-electron chi connectivity index (χ1n) is 6.68. The molecule has 0 fully saturated rings. The van der Waals surface area contributed by atoms with E-state index in [1.54, 1.807) is 23.3 Å². The minimum absolute atomic E-state index is 0.145. The smallest absolute Gasteiger partial charge is 0.317 e. The number of carbonyl (C=O) groups excluding carboxylic acids is 1. The van der Waals surface area contributed by atoms with Crippen molar-refractivity contribution in [1.82, 2.24) is 15.2 Å². The molecule has 0 atom stereocenters. The second-order valence-corrected chi connectivity index (χ2v) is 6.07. The molecule has 2 rings (SSSR count). The summed E-state index contributed by atoms with van der Waals surface area (Å²) in [5, 5.41) is 4.77. The van der Waals surface area contributed by atoms with E-state index in [1.807, 2.05) is 37.4 Å². The zero-order valence-electron chi connectivity index (χ0n) is 12.4. The zero-order valence-corrected chi connectivity index (χ0v) is 13.2. The molecule has 0 saturated carbocycles. The van der Waals surface area contributed by atoms with Crippen LogP contribution >= 0.6 is 11.3 Å². The zero-order chi connectivity index (χ0) is 15.4. The molecule has 0 unspecified atom stereocenters. The lowest BCUT2D eigenvalue weighted by molar-refractivity contribution is 0.207. The number of carbonyl (C=O) groups is 1. The van der Waals surface area contributed by atoms with Gasteiger partial charge in [0.15, 0.2) is 0 Å². The normalized spacial score (nSPS) is 10.4. The lowest BCUT2D eigenvalue weighted by Gasteiger charge is -2.17. The number of H-pyrrole nitrogens is 1. The van der Waals surface area contributed by atoms with Crippen LogP contribution in [-0.2, 0) is 13.1 Å². The highest BCUT2D eigenvalue weighted by Crippen LogP contribution is 2.11. The van der Waals surface area contributed by atoms with Crippen LogP contribution < -0.4 is 10.9 Å². The molecule has 0 spiro atoms. The topological polar surface area (TPSA) is 65.2 Å². The van der Waals surface area contributed by atoms with Gasteiger partial charge in [-0.05, 0) is 36.9 Å². The number of hydrogen-bond donors (Lipinski definition) is 2. The summed E-state index contributed by atoms with van der Waals surface area (Å²) in [7, 11) is 1.74. The van der Waals surface area contributed by atoms with Crippen molar-refractivity contribution in [2.45, 2.75) is 26.9 Å². The van der Waals surface area contributed by atoms with Gasteiger partial charge in [0.1, 0.15) is 0 Å². The average molecular weight is 305 g/mol. The van der Waals surface area contributed by atoms with Gasteiger partial charge in [-0.3, -0.25) is 4.79 Å². The van der Waals surface area contributed by atoms with Crippen LogP contribution in [0.5, 0.6) is 0 Å². The molecule has 0 aromatic carbocycles. The molecule has 2 amide bonds. The molecule has 0 saturated heterocycles. The Morgan fingerprint density at radius 2 is 2.19 bits per heavy atom. The fourth-order valence-corrected chi connectivity index (χ4v) is 2.87. The van der Waals surface area contributed by atoms with Crippen LogP contribution in [0.1, 0.15) is 21.7 Å². The molecule has 2 N–H and O–H groups in total. The van der Waals surface area contributed by atoms with Crippen molar-refractivity contribution in [2.24, 2.45) is 0 Å². The van der Waals surface area contributed by atoms with Gasteiger partial charge < -0.3 is 15.2 Å². The lowest BCUT2D eigenvalue weighted by atomic mass is 10.1. The van der Waals surface area contributed by atoms with Crippen LogP contribution in [0, 0.1) is 13.8 Å². The Balaban J connectivity index is 1.96. The molecular formula is C15H19N3O2S. The summed E-state index contributed by atoms with van der Waals surface area (Å²) in [4.78, 5) is 29.4. The van der Waals surface area contributed by atoms with E-state index in [0.717, 1.165) is 16.1 Å². The minimum atomic E-state index is -0.192. The van der Waals surface area contributed by atoms with Crippen molar-refractivity contribution in [3.63, 3.8) is 0 Å². The van der Waals surface area contributed by atoms with Crippen molar-refractivity contribution < 1.29 is 4.79 Å². The van der Waals surface area contributed by atoms with Gasteiger partial charge in [-0.15, -0.1) is 11.3 Å². The number of nitrogens with zero attached hydrogens (tertiary/aromatic N) is 1. The number of aromatic amines is 1. The van der Waals surface area contributed by atoms with E-state index in [-0.39, 0.29) is 18.1 Å². The van der Waals surface area contributed by atoms with Gasteiger partial charge in [-0.25, -0.2) is 4.79 Å². The largest absolute Gasteiger partial charge is 0.334 e. The number of pyridine rings is 1. The molecule has 2 aromatic heterocycles. The molecule has 0 radical (unpaired) electrons. The first kappa shape index (κ1) is 15.3. The summed E-state index contributed by atoms with van der Waals surface area (Å²) in [5.41, 5.74) is 2.16.